The van der Waals surface area contributed by atoms with Crippen LogP contribution in [0, 0.1) is 6.92 Å². The topological polar surface area (TPSA) is 47.2 Å². The fraction of sp³-hybridized carbons (Fsp3) is 0.105. The molecular weight excluding hydrogens is 350 g/mol. The first-order chi connectivity index (χ1) is 12.2. The third-order valence-corrected chi connectivity index (χ3v) is 5.89. The molecule has 0 saturated carbocycles. The molecule has 0 spiro atoms. The SMILES string of the molecule is C=CCn1c(=NC(=O)c2nc3ccccc3s2)sc2cc(C)ccc21. The molecule has 0 aliphatic heterocycles. The van der Waals surface area contributed by atoms with Crippen LogP contribution in [0.3, 0.4) is 0 Å². The Balaban J connectivity index is 1.85. The summed E-state index contributed by atoms with van der Waals surface area (Å²) in [5.74, 6) is -0.303. The van der Waals surface area contributed by atoms with Crippen molar-refractivity contribution in [1.82, 2.24) is 9.55 Å². The quantitative estimate of drug-likeness (QED) is 0.500. The fourth-order valence-corrected chi connectivity index (χ4v) is 4.66. The number of benzene rings is 2. The number of rotatable bonds is 3. The van der Waals surface area contributed by atoms with Gasteiger partial charge in [0.1, 0.15) is 0 Å². The van der Waals surface area contributed by atoms with E-state index in [1.807, 2.05) is 34.9 Å². The van der Waals surface area contributed by atoms with Gasteiger partial charge < -0.3 is 4.57 Å². The van der Waals surface area contributed by atoms with Crippen LogP contribution in [0.4, 0.5) is 0 Å². The summed E-state index contributed by atoms with van der Waals surface area (Å²) < 4.78 is 4.11. The number of hydrogen-bond donors (Lipinski definition) is 0. The molecule has 4 aromatic rings. The van der Waals surface area contributed by atoms with Crippen LogP contribution < -0.4 is 4.80 Å². The minimum Gasteiger partial charge on any atom is -0.312 e. The zero-order chi connectivity index (χ0) is 17.4. The number of aromatic nitrogens is 2. The Bertz CT molecular complexity index is 1150. The molecule has 6 heteroatoms. The maximum atomic E-state index is 12.6. The third kappa shape index (κ3) is 2.94. The summed E-state index contributed by atoms with van der Waals surface area (Å²) >= 11 is 2.89. The van der Waals surface area contributed by atoms with Gasteiger partial charge in [0.2, 0.25) is 0 Å². The summed E-state index contributed by atoms with van der Waals surface area (Å²) in [4.78, 5) is 22.1. The van der Waals surface area contributed by atoms with Crippen LogP contribution in [0.2, 0.25) is 0 Å². The molecule has 0 fully saturated rings. The normalized spacial score (nSPS) is 12.1. The lowest BCUT2D eigenvalue weighted by Crippen LogP contribution is -2.16. The second-order valence-corrected chi connectivity index (χ2v) is 7.70. The standard InChI is InChI=1S/C19H15N3OS2/c1-3-10-22-14-9-8-12(2)11-16(14)25-19(22)21-17(23)18-20-13-6-4-5-7-15(13)24-18/h3-9,11H,1,10H2,2H3. The Morgan fingerprint density at radius 1 is 1.24 bits per heavy atom. The molecule has 0 N–H and O–H groups in total. The Hall–Kier alpha value is -2.57. The van der Waals surface area contributed by atoms with Crippen molar-refractivity contribution in [3.8, 4) is 0 Å². The lowest BCUT2D eigenvalue weighted by atomic mass is 10.2. The van der Waals surface area contributed by atoms with Crippen LogP contribution in [-0.4, -0.2) is 15.5 Å². The van der Waals surface area contributed by atoms with Gasteiger partial charge in [-0.25, -0.2) is 4.98 Å². The van der Waals surface area contributed by atoms with E-state index in [4.69, 9.17) is 0 Å². The predicted molar refractivity (Wildman–Crippen MR) is 104 cm³/mol. The van der Waals surface area contributed by atoms with Gasteiger partial charge in [0.25, 0.3) is 0 Å². The van der Waals surface area contributed by atoms with Gasteiger partial charge in [-0.3, -0.25) is 4.79 Å². The molecule has 2 heterocycles. The maximum absolute atomic E-state index is 12.6. The van der Waals surface area contributed by atoms with Crippen molar-refractivity contribution >= 4 is 49.0 Å². The second-order valence-electron chi connectivity index (χ2n) is 5.66. The molecule has 0 aliphatic rings. The fourth-order valence-electron chi connectivity index (χ4n) is 2.67. The van der Waals surface area contributed by atoms with E-state index in [-0.39, 0.29) is 5.91 Å². The Kier molecular flexibility index (Phi) is 4.07. The Morgan fingerprint density at radius 3 is 2.88 bits per heavy atom. The number of allylic oxidation sites excluding steroid dienone is 1. The highest BCUT2D eigenvalue weighted by Crippen LogP contribution is 2.23. The lowest BCUT2D eigenvalue weighted by molar-refractivity contribution is 0.0997. The highest BCUT2D eigenvalue weighted by atomic mass is 32.1. The predicted octanol–water partition coefficient (Wildman–Crippen LogP) is 4.55. The number of carbonyl (C=O) groups excluding carboxylic acids is 1. The average molecular weight is 365 g/mol. The summed E-state index contributed by atoms with van der Waals surface area (Å²) in [6, 6.07) is 14.0. The third-order valence-electron chi connectivity index (χ3n) is 3.82. The zero-order valence-corrected chi connectivity index (χ0v) is 15.2. The minimum absolute atomic E-state index is 0.303. The van der Waals surface area contributed by atoms with Crippen LogP contribution >= 0.6 is 22.7 Å². The molecule has 0 aliphatic carbocycles. The van der Waals surface area contributed by atoms with Crippen molar-refractivity contribution in [3.63, 3.8) is 0 Å². The molecular formula is C19H15N3OS2. The van der Waals surface area contributed by atoms with E-state index in [0.717, 1.165) is 20.4 Å². The smallest absolute Gasteiger partial charge is 0.308 e. The van der Waals surface area contributed by atoms with E-state index in [0.29, 0.717) is 16.4 Å². The molecule has 2 aromatic heterocycles. The monoisotopic (exact) mass is 365 g/mol. The van der Waals surface area contributed by atoms with Gasteiger partial charge in [0.05, 0.1) is 20.4 Å². The van der Waals surface area contributed by atoms with Crippen molar-refractivity contribution in [3.05, 3.63) is 70.5 Å². The molecule has 0 atom stereocenters. The molecule has 0 bridgehead atoms. The van der Waals surface area contributed by atoms with E-state index in [1.165, 1.54) is 28.2 Å². The van der Waals surface area contributed by atoms with Crippen molar-refractivity contribution in [2.45, 2.75) is 13.5 Å². The van der Waals surface area contributed by atoms with E-state index in [2.05, 4.69) is 41.7 Å². The van der Waals surface area contributed by atoms with Crippen molar-refractivity contribution in [2.75, 3.05) is 0 Å². The molecule has 4 rings (SSSR count). The van der Waals surface area contributed by atoms with Gasteiger partial charge in [-0.1, -0.05) is 35.6 Å². The Morgan fingerprint density at radius 2 is 2.08 bits per heavy atom. The van der Waals surface area contributed by atoms with Crippen LogP contribution in [0.25, 0.3) is 20.4 Å². The molecule has 4 nitrogen and oxygen atoms in total. The van der Waals surface area contributed by atoms with Crippen LogP contribution in [-0.2, 0) is 6.54 Å². The zero-order valence-electron chi connectivity index (χ0n) is 13.6. The van der Waals surface area contributed by atoms with Crippen LogP contribution in [0.1, 0.15) is 15.4 Å². The lowest BCUT2D eigenvalue weighted by Gasteiger charge is -2.00. The molecule has 0 radical (unpaired) electrons. The first-order valence-electron chi connectivity index (χ1n) is 7.81. The van der Waals surface area contributed by atoms with E-state index < -0.39 is 0 Å². The number of carbonyl (C=O) groups is 1. The van der Waals surface area contributed by atoms with Crippen LogP contribution in [0.15, 0.2) is 60.1 Å². The number of amides is 1. The van der Waals surface area contributed by atoms with Gasteiger partial charge in [-0.05, 0) is 36.8 Å². The van der Waals surface area contributed by atoms with Crippen molar-refractivity contribution < 1.29 is 4.79 Å². The number of fused-ring (bicyclic) bond motifs is 2. The number of aryl methyl sites for hydroxylation is 1. The largest absolute Gasteiger partial charge is 0.312 e. The minimum atomic E-state index is -0.303. The molecule has 0 unspecified atom stereocenters. The van der Waals surface area contributed by atoms with Crippen LogP contribution in [0.5, 0.6) is 0 Å². The molecule has 0 saturated heterocycles. The van der Waals surface area contributed by atoms with Gasteiger partial charge in [-0.15, -0.1) is 17.9 Å². The number of hydrogen-bond acceptors (Lipinski definition) is 4. The summed E-state index contributed by atoms with van der Waals surface area (Å²) in [6.45, 7) is 6.48. The van der Waals surface area contributed by atoms with Gasteiger partial charge in [-0.2, -0.15) is 4.99 Å². The summed E-state index contributed by atoms with van der Waals surface area (Å²) in [7, 11) is 0. The summed E-state index contributed by atoms with van der Waals surface area (Å²) in [5, 5.41) is 0.417. The molecule has 1 amide bonds. The Labute approximate surface area is 152 Å². The first-order valence-corrected chi connectivity index (χ1v) is 9.44. The van der Waals surface area contributed by atoms with Gasteiger partial charge >= 0.3 is 5.91 Å². The first kappa shape index (κ1) is 15.9. The van der Waals surface area contributed by atoms with E-state index >= 15 is 0 Å². The highest BCUT2D eigenvalue weighted by molar-refractivity contribution is 7.20. The highest BCUT2D eigenvalue weighted by Gasteiger charge is 2.13. The number of nitrogens with zero attached hydrogens (tertiary/aromatic N) is 3. The average Bonchev–Trinajstić information content (AvgIpc) is 3.17. The molecule has 25 heavy (non-hydrogen) atoms. The van der Waals surface area contributed by atoms with Gasteiger partial charge in [0.15, 0.2) is 9.81 Å². The molecule has 2 aromatic carbocycles. The molecule has 124 valence electrons. The number of para-hydroxylation sites is 1. The maximum Gasteiger partial charge on any atom is 0.308 e. The number of thiazole rings is 2. The van der Waals surface area contributed by atoms with E-state index in [9.17, 15) is 4.79 Å². The summed E-state index contributed by atoms with van der Waals surface area (Å²) in [5.41, 5.74) is 3.08. The van der Waals surface area contributed by atoms with Gasteiger partial charge in [0, 0.05) is 6.54 Å². The van der Waals surface area contributed by atoms with Crippen molar-refractivity contribution in [1.29, 1.82) is 0 Å². The van der Waals surface area contributed by atoms with E-state index in [1.54, 1.807) is 0 Å². The van der Waals surface area contributed by atoms with Crippen molar-refractivity contribution in [2.24, 2.45) is 4.99 Å². The summed E-state index contributed by atoms with van der Waals surface area (Å²) in [6.07, 6.45) is 1.81. The second kappa shape index (κ2) is 6.38.